The fraction of sp³-hybridized carbons (Fsp3) is 0.667. The Labute approximate surface area is 114 Å². The molecule has 1 aliphatic rings. The van der Waals surface area contributed by atoms with E-state index in [4.69, 9.17) is 0 Å². The molecule has 1 N–H and O–H groups in total. The summed E-state index contributed by atoms with van der Waals surface area (Å²) < 4.78 is 25.1. The highest BCUT2D eigenvalue weighted by Crippen LogP contribution is 2.20. The summed E-state index contributed by atoms with van der Waals surface area (Å²) in [6, 6.07) is 0.0318. The van der Waals surface area contributed by atoms with Crippen LogP contribution < -0.4 is 9.62 Å². The third kappa shape index (κ3) is 3.87. The quantitative estimate of drug-likeness (QED) is 0.880. The average molecular weight is 284 g/mol. The van der Waals surface area contributed by atoms with Gasteiger partial charge in [0, 0.05) is 25.3 Å². The summed E-state index contributed by atoms with van der Waals surface area (Å²) in [6.07, 6.45) is 4.55. The molecule has 0 spiro atoms. The summed E-state index contributed by atoms with van der Waals surface area (Å²) in [7, 11) is -3.12. The lowest BCUT2D eigenvalue weighted by Crippen LogP contribution is -2.44. The Morgan fingerprint density at radius 3 is 2.53 bits per heavy atom. The summed E-state index contributed by atoms with van der Waals surface area (Å²) >= 11 is 0. The Kier molecular flexibility index (Phi) is 4.05. The number of anilines is 1. The zero-order valence-corrected chi connectivity index (χ0v) is 12.4. The number of nitrogens with one attached hydrogen (secondary N) is 1. The number of rotatable bonds is 3. The molecule has 0 aromatic carbocycles. The Hall–Kier alpha value is -1.21. The molecule has 106 valence electrons. The molecule has 0 radical (unpaired) electrons. The summed E-state index contributed by atoms with van der Waals surface area (Å²) in [4.78, 5) is 11.0. The minimum atomic E-state index is -3.12. The van der Waals surface area contributed by atoms with Crippen LogP contribution in [-0.2, 0) is 10.0 Å². The first-order chi connectivity index (χ1) is 8.85. The van der Waals surface area contributed by atoms with Crippen LogP contribution in [0.15, 0.2) is 6.20 Å². The molecule has 0 amide bonds. The van der Waals surface area contributed by atoms with Crippen molar-refractivity contribution in [3.63, 3.8) is 0 Å². The van der Waals surface area contributed by atoms with E-state index in [0.29, 0.717) is 0 Å². The van der Waals surface area contributed by atoms with Crippen LogP contribution in [0.2, 0.25) is 0 Å². The predicted molar refractivity (Wildman–Crippen MR) is 74.7 cm³/mol. The Balaban J connectivity index is 2.02. The molecule has 2 heterocycles. The van der Waals surface area contributed by atoms with E-state index >= 15 is 0 Å². The highest BCUT2D eigenvalue weighted by Gasteiger charge is 2.23. The first kappa shape index (κ1) is 14.2. The van der Waals surface area contributed by atoms with Crippen LogP contribution in [-0.4, -0.2) is 43.8 Å². The summed E-state index contributed by atoms with van der Waals surface area (Å²) in [6.45, 7) is 5.47. The number of sulfonamides is 1. The summed E-state index contributed by atoms with van der Waals surface area (Å²) in [5.74, 6) is 0.915. The lowest BCUT2D eigenvalue weighted by Gasteiger charge is -2.33. The van der Waals surface area contributed by atoms with Crippen LogP contribution in [0, 0.1) is 13.8 Å². The topological polar surface area (TPSA) is 75.2 Å². The van der Waals surface area contributed by atoms with Gasteiger partial charge in [-0.1, -0.05) is 0 Å². The minimum absolute atomic E-state index is 0.0318. The molecule has 0 unspecified atom stereocenters. The van der Waals surface area contributed by atoms with Crippen molar-refractivity contribution in [2.75, 3.05) is 24.2 Å². The van der Waals surface area contributed by atoms with Crippen LogP contribution in [0.4, 0.5) is 5.82 Å². The van der Waals surface area contributed by atoms with E-state index in [1.165, 1.54) is 6.26 Å². The zero-order chi connectivity index (χ0) is 14.0. The number of hydrogen-bond donors (Lipinski definition) is 1. The van der Waals surface area contributed by atoms with Crippen molar-refractivity contribution in [1.29, 1.82) is 0 Å². The van der Waals surface area contributed by atoms with Gasteiger partial charge in [-0.25, -0.2) is 18.1 Å². The van der Waals surface area contributed by atoms with Gasteiger partial charge in [0.05, 0.1) is 17.6 Å². The highest BCUT2D eigenvalue weighted by atomic mass is 32.2. The number of hydrogen-bond acceptors (Lipinski definition) is 5. The Morgan fingerprint density at radius 2 is 1.95 bits per heavy atom. The van der Waals surface area contributed by atoms with Gasteiger partial charge < -0.3 is 4.90 Å². The lowest BCUT2D eigenvalue weighted by atomic mass is 10.1. The summed E-state index contributed by atoms with van der Waals surface area (Å²) in [5.41, 5.74) is 1.82. The fourth-order valence-corrected chi connectivity index (χ4v) is 3.18. The smallest absolute Gasteiger partial charge is 0.208 e. The SMILES string of the molecule is Cc1cnc(C)c(N2CCC(NS(C)(=O)=O)CC2)n1. The Morgan fingerprint density at radius 1 is 1.32 bits per heavy atom. The maximum Gasteiger partial charge on any atom is 0.208 e. The van der Waals surface area contributed by atoms with Crippen molar-refractivity contribution >= 4 is 15.8 Å². The van der Waals surface area contributed by atoms with Gasteiger partial charge in [-0.15, -0.1) is 0 Å². The van der Waals surface area contributed by atoms with Crippen molar-refractivity contribution in [3.8, 4) is 0 Å². The van der Waals surface area contributed by atoms with Gasteiger partial charge in [0.1, 0.15) is 5.82 Å². The van der Waals surface area contributed by atoms with Gasteiger partial charge in [-0.3, -0.25) is 4.98 Å². The van der Waals surface area contributed by atoms with E-state index in [0.717, 1.165) is 43.1 Å². The molecule has 1 aromatic heterocycles. The van der Waals surface area contributed by atoms with Gasteiger partial charge in [-0.05, 0) is 26.7 Å². The van der Waals surface area contributed by atoms with Crippen LogP contribution in [0.5, 0.6) is 0 Å². The van der Waals surface area contributed by atoms with E-state index in [-0.39, 0.29) is 6.04 Å². The van der Waals surface area contributed by atoms with Crippen molar-refractivity contribution in [1.82, 2.24) is 14.7 Å². The lowest BCUT2D eigenvalue weighted by molar-refractivity contribution is 0.459. The van der Waals surface area contributed by atoms with E-state index < -0.39 is 10.0 Å². The second-order valence-corrected chi connectivity index (χ2v) is 6.85. The molecule has 0 saturated carbocycles. The van der Waals surface area contributed by atoms with Gasteiger partial charge in [0.15, 0.2) is 0 Å². The molecule has 7 heteroatoms. The molecule has 1 saturated heterocycles. The molecule has 0 bridgehead atoms. The largest absolute Gasteiger partial charge is 0.355 e. The fourth-order valence-electron chi connectivity index (χ4n) is 2.34. The van der Waals surface area contributed by atoms with E-state index in [2.05, 4.69) is 19.6 Å². The average Bonchev–Trinajstić information content (AvgIpc) is 2.31. The zero-order valence-electron chi connectivity index (χ0n) is 11.5. The molecule has 19 heavy (non-hydrogen) atoms. The first-order valence-corrected chi connectivity index (χ1v) is 8.27. The van der Waals surface area contributed by atoms with Gasteiger partial charge in [0.2, 0.25) is 10.0 Å². The monoisotopic (exact) mass is 284 g/mol. The summed E-state index contributed by atoms with van der Waals surface area (Å²) in [5, 5.41) is 0. The highest BCUT2D eigenvalue weighted by molar-refractivity contribution is 7.88. The number of aromatic nitrogens is 2. The second kappa shape index (κ2) is 5.42. The number of nitrogens with zero attached hydrogens (tertiary/aromatic N) is 3. The molecular formula is C12H20N4O2S. The molecule has 0 aliphatic carbocycles. The maximum absolute atomic E-state index is 11.2. The third-order valence-electron chi connectivity index (χ3n) is 3.23. The van der Waals surface area contributed by atoms with Gasteiger partial charge in [0.25, 0.3) is 0 Å². The van der Waals surface area contributed by atoms with Crippen LogP contribution in [0.25, 0.3) is 0 Å². The van der Waals surface area contributed by atoms with Crippen LogP contribution >= 0.6 is 0 Å². The van der Waals surface area contributed by atoms with E-state index in [9.17, 15) is 8.42 Å². The maximum atomic E-state index is 11.2. The van der Waals surface area contributed by atoms with Crippen molar-refractivity contribution < 1.29 is 8.42 Å². The van der Waals surface area contributed by atoms with Crippen molar-refractivity contribution in [2.24, 2.45) is 0 Å². The standard InChI is InChI=1S/C12H20N4O2S/c1-9-8-13-10(2)12(14-9)16-6-4-11(5-7-16)15-19(3,17)18/h8,11,15H,4-7H2,1-3H3. The van der Waals surface area contributed by atoms with E-state index in [1.54, 1.807) is 6.20 Å². The first-order valence-electron chi connectivity index (χ1n) is 6.37. The molecule has 0 atom stereocenters. The van der Waals surface area contributed by atoms with Crippen LogP contribution in [0.3, 0.4) is 0 Å². The molecular weight excluding hydrogens is 264 g/mol. The molecule has 6 nitrogen and oxygen atoms in total. The van der Waals surface area contributed by atoms with E-state index in [1.807, 2.05) is 13.8 Å². The van der Waals surface area contributed by atoms with Crippen LogP contribution in [0.1, 0.15) is 24.2 Å². The van der Waals surface area contributed by atoms with Gasteiger partial charge in [-0.2, -0.15) is 0 Å². The van der Waals surface area contributed by atoms with Gasteiger partial charge >= 0.3 is 0 Å². The molecule has 1 fully saturated rings. The Bertz CT molecular complexity index is 551. The van der Waals surface area contributed by atoms with Crippen molar-refractivity contribution in [2.45, 2.75) is 32.7 Å². The number of aryl methyl sites for hydroxylation is 2. The second-order valence-electron chi connectivity index (χ2n) is 5.07. The number of piperidine rings is 1. The van der Waals surface area contributed by atoms with Crippen molar-refractivity contribution in [3.05, 3.63) is 17.6 Å². The molecule has 1 aliphatic heterocycles. The minimum Gasteiger partial charge on any atom is -0.355 e. The molecule has 1 aromatic rings. The molecule has 2 rings (SSSR count). The normalized spacial score (nSPS) is 17.7. The third-order valence-corrected chi connectivity index (χ3v) is 3.99. The predicted octanol–water partition coefficient (Wildman–Crippen LogP) is 0.611.